The molecule has 1 amide bonds. The number of carbonyl (C=O) groups is 2. The van der Waals surface area contributed by atoms with Crippen molar-refractivity contribution in [1.82, 2.24) is 0 Å². The number of hydrogen-bond acceptors (Lipinski definition) is 4. The standard InChI is InChI=1S/C19H17BrClNO5/c1-10(11-4-5-13(20)14(21)7-11)6-18(23)22-15-9-17(27-3)16(26-2)8-12(15)19(24)25/h4-9H,1-3H3,(H,22,23)(H,24,25). The molecule has 2 aromatic rings. The average Bonchev–Trinajstić information content (AvgIpc) is 2.63. The van der Waals surface area contributed by atoms with E-state index >= 15 is 0 Å². The number of allylic oxidation sites excluding steroid dienone is 1. The van der Waals surface area contributed by atoms with Gasteiger partial charge < -0.3 is 19.9 Å². The van der Waals surface area contributed by atoms with Crippen molar-refractivity contribution in [2.75, 3.05) is 19.5 Å². The Labute approximate surface area is 169 Å². The van der Waals surface area contributed by atoms with Crippen LogP contribution in [0.1, 0.15) is 22.8 Å². The first kappa shape index (κ1) is 20.8. The molecule has 0 radical (unpaired) electrons. The molecule has 2 aromatic carbocycles. The summed E-state index contributed by atoms with van der Waals surface area (Å²) < 4.78 is 11.0. The van der Waals surface area contributed by atoms with Gasteiger partial charge in [0.15, 0.2) is 11.5 Å². The molecule has 0 unspecified atom stereocenters. The number of ether oxygens (including phenoxy) is 2. The molecular formula is C19H17BrClNO5. The van der Waals surface area contributed by atoms with E-state index in [2.05, 4.69) is 21.2 Å². The van der Waals surface area contributed by atoms with Crippen molar-refractivity contribution in [3.05, 3.63) is 57.0 Å². The summed E-state index contributed by atoms with van der Waals surface area (Å²) in [5.41, 5.74) is 1.42. The van der Waals surface area contributed by atoms with E-state index in [1.54, 1.807) is 19.1 Å². The van der Waals surface area contributed by atoms with E-state index in [1.165, 1.54) is 32.4 Å². The third kappa shape index (κ3) is 5.02. The van der Waals surface area contributed by atoms with Gasteiger partial charge in [-0.15, -0.1) is 0 Å². The van der Waals surface area contributed by atoms with Crippen molar-refractivity contribution in [3.63, 3.8) is 0 Å². The molecule has 0 aliphatic carbocycles. The third-order valence-corrected chi connectivity index (χ3v) is 4.97. The molecule has 142 valence electrons. The lowest BCUT2D eigenvalue weighted by Crippen LogP contribution is -2.13. The van der Waals surface area contributed by atoms with Crippen molar-refractivity contribution >= 4 is 50.7 Å². The fraction of sp³-hybridized carbons (Fsp3) is 0.158. The fourth-order valence-corrected chi connectivity index (χ4v) is 2.78. The zero-order valence-corrected chi connectivity index (χ0v) is 17.1. The Hall–Kier alpha value is -2.51. The van der Waals surface area contributed by atoms with Gasteiger partial charge in [0.2, 0.25) is 5.91 Å². The Kier molecular flexibility index (Phi) is 6.87. The summed E-state index contributed by atoms with van der Waals surface area (Å²) in [6, 6.07) is 8.02. The summed E-state index contributed by atoms with van der Waals surface area (Å²) in [5.74, 6) is -1.13. The molecule has 0 saturated carbocycles. The van der Waals surface area contributed by atoms with E-state index in [1.807, 2.05) is 6.07 Å². The van der Waals surface area contributed by atoms with Crippen molar-refractivity contribution in [3.8, 4) is 11.5 Å². The van der Waals surface area contributed by atoms with Crippen LogP contribution < -0.4 is 14.8 Å². The van der Waals surface area contributed by atoms with Crippen LogP contribution in [-0.2, 0) is 4.79 Å². The molecule has 2 N–H and O–H groups in total. The first-order valence-corrected chi connectivity index (χ1v) is 8.88. The van der Waals surface area contributed by atoms with Gasteiger partial charge in [-0.25, -0.2) is 4.79 Å². The molecule has 0 aliphatic rings. The van der Waals surface area contributed by atoms with Crippen LogP contribution in [0.25, 0.3) is 5.57 Å². The fourth-order valence-electron chi connectivity index (χ4n) is 2.35. The van der Waals surface area contributed by atoms with Gasteiger partial charge in [-0.2, -0.15) is 0 Å². The van der Waals surface area contributed by atoms with E-state index in [9.17, 15) is 14.7 Å². The minimum Gasteiger partial charge on any atom is -0.493 e. The normalized spacial score (nSPS) is 11.1. The Morgan fingerprint density at radius 3 is 2.33 bits per heavy atom. The summed E-state index contributed by atoms with van der Waals surface area (Å²) in [7, 11) is 2.82. The van der Waals surface area contributed by atoms with Crippen molar-refractivity contribution in [2.45, 2.75) is 6.92 Å². The zero-order valence-electron chi connectivity index (χ0n) is 14.8. The van der Waals surface area contributed by atoms with Crippen molar-refractivity contribution in [2.24, 2.45) is 0 Å². The number of anilines is 1. The SMILES string of the molecule is COc1cc(NC(=O)C=C(C)c2ccc(Br)c(Cl)c2)c(C(=O)O)cc1OC. The summed E-state index contributed by atoms with van der Waals surface area (Å²) in [4.78, 5) is 23.9. The number of benzene rings is 2. The molecule has 27 heavy (non-hydrogen) atoms. The van der Waals surface area contributed by atoms with E-state index in [0.29, 0.717) is 16.3 Å². The number of nitrogens with one attached hydrogen (secondary N) is 1. The van der Waals surface area contributed by atoms with Gasteiger partial charge in [0.1, 0.15) is 0 Å². The maximum Gasteiger partial charge on any atom is 0.337 e. The van der Waals surface area contributed by atoms with Gasteiger partial charge in [0.25, 0.3) is 0 Å². The highest BCUT2D eigenvalue weighted by Gasteiger charge is 2.17. The highest BCUT2D eigenvalue weighted by Crippen LogP contribution is 2.33. The third-order valence-electron chi connectivity index (χ3n) is 3.73. The van der Waals surface area contributed by atoms with Crippen molar-refractivity contribution < 1.29 is 24.2 Å². The molecule has 2 rings (SSSR count). The Morgan fingerprint density at radius 1 is 1.15 bits per heavy atom. The molecule has 0 heterocycles. The molecule has 0 aromatic heterocycles. The van der Waals surface area contributed by atoms with Crippen LogP contribution in [0.2, 0.25) is 5.02 Å². The number of hydrogen-bond donors (Lipinski definition) is 2. The van der Waals surface area contributed by atoms with Gasteiger partial charge in [-0.1, -0.05) is 17.7 Å². The van der Waals surface area contributed by atoms with E-state index in [4.69, 9.17) is 21.1 Å². The quantitative estimate of drug-likeness (QED) is 0.609. The molecule has 8 heteroatoms. The van der Waals surface area contributed by atoms with Gasteiger partial charge >= 0.3 is 5.97 Å². The highest BCUT2D eigenvalue weighted by atomic mass is 79.9. The second-order valence-corrected chi connectivity index (χ2v) is 6.76. The van der Waals surface area contributed by atoms with Crippen LogP contribution in [0, 0.1) is 0 Å². The number of carbonyl (C=O) groups excluding carboxylic acids is 1. The van der Waals surface area contributed by atoms with E-state index in [0.717, 1.165) is 10.0 Å². The Morgan fingerprint density at radius 2 is 1.78 bits per heavy atom. The monoisotopic (exact) mass is 453 g/mol. The largest absolute Gasteiger partial charge is 0.493 e. The molecular weight excluding hydrogens is 438 g/mol. The Balaban J connectivity index is 2.33. The van der Waals surface area contributed by atoms with Gasteiger partial charge in [0, 0.05) is 22.7 Å². The van der Waals surface area contributed by atoms with Crippen LogP contribution in [0.3, 0.4) is 0 Å². The molecule has 0 saturated heterocycles. The first-order chi connectivity index (χ1) is 12.8. The molecule has 0 atom stereocenters. The second-order valence-electron chi connectivity index (χ2n) is 5.50. The molecule has 0 fully saturated rings. The molecule has 0 aliphatic heterocycles. The lowest BCUT2D eigenvalue weighted by atomic mass is 10.1. The number of rotatable bonds is 6. The lowest BCUT2D eigenvalue weighted by Gasteiger charge is -2.13. The number of aromatic carboxylic acids is 1. The summed E-state index contributed by atoms with van der Waals surface area (Å²) in [6.45, 7) is 1.76. The maximum atomic E-state index is 12.4. The van der Waals surface area contributed by atoms with Crippen LogP contribution in [0.5, 0.6) is 11.5 Å². The van der Waals surface area contributed by atoms with Crippen LogP contribution in [-0.4, -0.2) is 31.2 Å². The van der Waals surface area contributed by atoms with Gasteiger partial charge in [0.05, 0.1) is 30.5 Å². The van der Waals surface area contributed by atoms with Crippen LogP contribution in [0.4, 0.5) is 5.69 Å². The molecule has 0 bridgehead atoms. The van der Waals surface area contributed by atoms with Crippen LogP contribution >= 0.6 is 27.5 Å². The highest BCUT2D eigenvalue weighted by molar-refractivity contribution is 9.10. The topological polar surface area (TPSA) is 84.9 Å². The summed E-state index contributed by atoms with van der Waals surface area (Å²) >= 11 is 9.39. The lowest BCUT2D eigenvalue weighted by molar-refractivity contribution is -0.111. The molecule has 0 spiro atoms. The number of methoxy groups -OCH3 is 2. The minimum atomic E-state index is -1.20. The average molecular weight is 455 g/mol. The predicted octanol–water partition coefficient (Wildman–Crippen LogP) is 4.86. The van der Waals surface area contributed by atoms with Crippen LogP contribution in [0.15, 0.2) is 40.9 Å². The number of halogens is 2. The number of amides is 1. The van der Waals surface area contributed by atoms with E-state index in [-0.39, 0.29) is 17.0 Å². The Bertz CT molecular complexity index is 927. The number of carboxylic acids is 1. The number of carboxylic acid groups (broad SMARTS) is 1. The zero-order chi connectivity index (χ0) is 20.1. The first-order valence-electron chi connectivity index (χ1n) is 7.70. The predicted molar refractivity (Wildman–Crippen MR) is 108 cm³/mol. The summed E-state index contributed by atoms with van der Waals surface area (Å²) in [5, 5.41) is 12.5. The summed E-state index contributed by atoms with van der Waals surface area (Å²) in [6.07, 6.45) is 1.36. The van der Waals surface area contributed by atoms with Gasteiger partial charge in [-0.3, -0.25) is 4.79 Å². The second kappa shape index (κ2) is 8.92. The maximum absolute atomic E-state index is 12.4. The minimum absolute atomic E-state index is 0.100. The molecule has 6 nitrogen and oxygen atoms in total. The van der Waals surface area contributed by atoms with E-state index < -0.39 is 11.9 Å². The van der Waals surface area contributed by atoms with Crippen molar-refractivity contribution in [1.29, 1.82) is 0 Å². The van der Waals surface area contributed by atoms with Gasteiger partial charge in [-0.05, 0) is 46.1 Å². The smallest absolute Gasteiger partial charge is 0.337 e.